The molecule has 112 valence electrons. The number of rotatable bonds is 7. The highest BCUT2D eigenvalue weighted by atomic mass is 16.1. The highest BCUT2D eigenvalue weighted by Gasteiger charge is 2.18. The molecule has 1 aromatic rings. The fourth-order valence-electron chi connectivity index (χ4n) is 2.38. The predicted octanol–water partition coefficient (Wildman–Crippen LogP) is 3.28. The van der Waals surface area contributed by atoms with Gasteiger partial charge in [-0.25, -0.2) is 0 Å². The topological polar surface area (TPSA) is 69.1 Å². The van der Waals surface area contributed by atoms with E-state index in [-0.39, 0.29) is 23.3 Å². The number of carbonyl (C=O) groups excluding carboxylic acids is 1. The van der Waals surface area contributed by atoms with E-state index < -0.39 is 0 Å². The molecule has 0 saturated heterocycles. The first kappa shape index (κ1) is 16.7. The Bertz CT molecular complexity index is 437. The average molecular weight is 276 g/mol. The molecule has 0 saturated carbocycles. The molecule has 3 nitrogen and oxygen atoms in total. The second kappa shape index (κ2) is 6.89. The van der Waals surface area contributed by atoms with Crippen LogP contribution in [-0.4, -0.2) is 5.91 Å². The molecule has 0 aromatic heterocycles. The van der Waals surface area contributed by atoms with Gasteiger partial charge in [0.15, 0.2) is 0 Å². The average Bonchev–Trinajstić information content (AvgIpc) is 2.37. The summed E-state index contributed by atoms with van der Waals surface area (Å²) in [4.78, 5) is 10.9. The second-order valence-electron chi connectivity index (χ2n) is 6.48. The van der Waals surface area contributed by atoms with Gasteiger partial charge in [-0.2, -0.15) is 0 Å². The summed E-state index contributed by atoms with van der Waals surface area (Å²) in [6, 6.07) is 8.50. The van der Waals surface area contributed by atoms with E-state index in [0.717, 1.165) is 18.4 Å². The molecule has 1 rings (SSSR count). The van der Waals surface area contributed by atoms with Crippen molar-refractivity contribution in [2.75, 3.05) is 0 Å². The maximum absolute atomic E-state index is 10.9. The molecule has 3 heteroatoms. The van der Waals surface area contributed by atoms with Gasteiger partial charge >= 0.3 is 0 Å². The van der Waals surface area contributed by atoms with Gasteiger partial charge in [-0.05, 0) is 35.3 Å². The summed E-state index contributed by atoms with van der Waals surface area (Å²) < 4.78 is 0. The third kappa shape index (κ3) is 4.64. The minimum Gasteiger partial charge on any atom is -0.370 e. The van der Waals surface area contributed by atoms with Crippen molar-refractivity contribution in [3.63, 3.8) is 0 Å². The van der Waals surface area contributed by atoms with Gasteiger partial charge < -0.3 is 11.5 Å². The molecule has 0 fully saturated rings. The van der Waals surface area contributed by atoms with Crippen LogP contribution >= 0.6 is 0 Å². The molecule has 0 spiro atoms. The Labute approximate surface area is 122 Å². The van der Waals surface area contributed by atoms with E-state index in [2.05, 4.69) is 45.0 Å². The van der Waals surface area contributed by atoms with Gasteiger partial charge in [0.1, 0.15) is 0 Å². The summed E-state index contributed by atoms with van der Waals surface area (Å²) in [5.41, 5.74) is 14.1. The van der Waals surface area contributed by atoms with E-state index in [0.29, 0.717) is 6.42 Å². The lowest BCUT2D eigenvalue weighted by atomic mass is 9.81. The van der Waals surface area contributed by atoms with Gasteiger partial charge in [0.05, 0.1) is 0 Å². The molecule has 2 atom stereocenters. The minimum absolute atomic E-state index is 0.0388. The summed E-state index contributed by atoms with van der Waals surface area (Å²) in [5.74, 6) is -0.0426. The zero-order valence-electron chi connectivity index (χ0n) is 13.1. The van der Waals surface area contributed by atoms with Crippen molar-refractivity contribution in [2.45, 2.75) is 58.4 Å². The summed E-state index contributed by atoms with van der Waals surface area (Å²) in [5, 5.41) is 0. The molecular formula is C17H28N2O. The van der Waals surface area contributed by atoms with Crippen LogP contribution in [0.25, 0.3) is 0 Å². The van der Waals surface area contributed by atoms with Crippen molar-refractivity contribution in [1.82, 2.24) is 0 Å². The number of primary amides is 1. The Hall–Kier alpha value is -1.35. The van der Waals surface area contributed by atoms with Crippen LogP contribution in [0, 0.1) is 5.92 Å². The minimum atomic E-state index is -0.259. The van der Waals surface area contributed by atoms with Crippen LogP contribution in [0.15, 0.2) is 24.3 Å². The number of benzene rings is 1. The largest absolute Gasteiger partial charge is 0.370 e. The van der Waals surface area contributed by atoms with E-state index in [1.165, 1.54) is 5.56 Å². The number of carbonyl (C=O) groups is 1. The molecule has 0 radical (unpaired) electrons. The third-order valence-electron chi connectivity index (χ3n) is 4.21. The molecule has 0 aliphatic carbocycles. The zero-order valence-corrected chi connectivity index (χ0v) is 13.1. The van der Waals surface area contributed by atoms with Gasteiger partial charge in [0, 0.05) is 12.5 Å². The molecule has 1 aromatic carbocycles. The smallest absolute Gasteiger partial charge is 0.217 e. The molecule has 2 unspecified atom stereocenters. The quantitative estimate of drug-likeness (QED) is 0.802. The van der Waals surface area contributed by atoms with E-state index in [1.807, 2.05) is 6.92 Å². The van der Waals surface area contributed by atoms with Crippen molar-refractivity contribution in [3.8, 4) is 0 Å². The van der Waals surface area contributed by atoms with E-state index in [9.17, 15) is 4.79 Å². The fraction of sp³-hybridized carbons (Fsp3) is 0.588. The molecule has 0 bridgehead atoms. The summed E-state index contributed by atoms with van der Waals surface area (Å²) in [6.45, 7) is 8.71. The molecule has 20 heavy (non-hydrogen) atoms. The van der Waals surface area contributed by atoms with Crippen LogP contribution < -0.4 is 11.5 Å². The molecule has 0 heterocycles. The van der Waals surface area contributed by atoms with Crippen molar-refractivity contribution in [1.29, 1.82) is 0 Å². The Morgan fingerprint density at radius 1 is 1.25 bits per heavy atom. The number of amides is 1. The SMILES string of the molecule is CCC(C)(C)c1ccc(C(N)CC(C)CC(N)=O)cc1. The van der Waals surface area contributed by atoms with E-state index in [4.69, 9.17) is 11.5 Å². The Morgan fingerprint density at radius 3 is 2.25 bits per heavy atom. The molecule has 4 N–H and O–H groups in total. The summed E-state index contributed by atoms with van der Waals surface area (Å²) >= 11 is 0. The predicted molar refractivity (Wildman–Crippen MR) is 84.3 cm³/mol. The molecule has 1 amide bonds. The lowest BCUT2D eigenvalue weighted by molar-refractivity contribution is -0.118. The highest BCUT2D eigenvalue weighted by molar-refractivity contribution is 5.73. The number of hydrogen-bond donors (Lipinski definition) is 2. The lowest BCUT2D eigenvalue weighted by Crippen LogP contribution is -2.20. The zero-order chi connectivity index (χ0) is 15.3. The van der Waals surface area contributed by atoms with Crippen LogP contribution in [0.1, 0.15) is 64.1 Å². The lowest BCUT2D eigenvalue weighted by Gasteiger charge is -2.24. The second-order valence-corrected chi connectivity index (χ2v) is 6.48. The highest BCUT2D eigenvalue weighted by Crippen LogP contribution is 2.28. The van der Waals surface area contributed by atoms with E-state index in [1.54, 1.807) is 0 Å². The van der Waals surface area contributed by atoms with Crippen LogP contribution in [0.5, 0.6) is 0 Å². The maximum atomic E-state index is 10.9. The molecular weight excluding hydrogens is 248 g/mol. The van der Waals surface area contributed by atoms with Gasteiger partial charge in [-0.1, -0.05) is 52.0 Å². The van der Waals surface area contributed by atoms with E-state index >= 15 is 0 Å². The summed E-state index contributed by atoms with van der Waals surface area (Å²) in [7, 11) is 0. The Morgan fingerprint density at radius 2 is 1.80 bits per heavy atom. The first-order chi connectivity index (χ1) is 9.26. The Balaban J connectivity index is 2.71. The standard InChI is InChI=1S/C17H28N2O/c1-5-17(3,4)14-8-6-13(7-9-14)15(18)10-12(2)11-16(19)20/h6-9,12,15H,5,10-11,18H2,1-4H3,(H2,19,20). The molecule has 0 aliphatic heterocycles. The maximum Gasteiger partial charge on any atom is 0.217 e. The van der Waals surface area contributed by atoms with Crippen LogP contribution in [-0.2, 0) is 10.2 Å². The van der Waals surface area contributed by atoms with Crippen LogP contribution in [0.4, 0.5) is 0 Å². The monoisotopic (exact) mass is 276 g/mol. The van der Waals surface area contributed by atoms with Crippen molar-refractivity contribution in [2.24, 2.45) is 17.4 Å². The fourth-order valence-corrected chi connectivity index (χ4v) is 2.38. The Kier molecular flexibility index (Phi) is 5.75. The van der Waals surface area contributed by atoms with Gasteiger partial charge in [0.2, 0.25) is 5.91 Å². The van der Waals surface area contributed by atoms with Crippen LogP contribution in [0.2, 0.25) is 0 Å². The van der Waals surface area contributed by atoms with Crippen molar-refractivity contribution in [3.05, 3.63) is 35.4 Å². The number of nitrogens with two attached hydrogens (primary N) is 2. The van der Waals surface area contributed by atoms with Gasteiger partial charge in [-0.15, -0.1) is 0 Å². The first-order valence-corrected chi connectivity index (χ1v) is 7.40. The molecule has 0 aliphatic rings. The normalized spacial score (nSPS) is 14.8. The number of hydrogen-bond acceptors (Lipinski definition) is 2. The van der Waals surface area contributed by atoms with Crippen molar-refractivity contribution >= 4 is 5.91 Å². The summed E-state index contributed by atoms with van der Waals surface area (Å²) in [6.07, 6.45) is 2.28. The van der Waals surface area contributed by atoms with Gasteiger partial charge in [-0.3, -0.25) is 4.79 Å². The van der Waals surface area contributed by atoms with Crippen LogP contribution in [0.3, 0.4) is 0 Å². The van der Waals surface area contributed by atoms with Gasteiger partial charge in [0.25, 0.3) is 0 Å². The van der Waals surface area contributed by atoms with Crippen molar-refractivity contribution < 1.29 is 4.79 Å². The first-order valence-electron chi connectivity index (χ1n) is 7.40. The third-order valence-corrected chi connectivity index (χ3v) is 4.21.